The number of nitrogens with two attached hydrogens (primary N) is 1. The summed E-state index contributed by atoms with van der Waals surface area (Å²) in [6.07, 6.45) is 1.86. The summed E-state index contributed by atoms with van der Waals surface area (Å²) in [6.45, 7) is 5.40. The van der Waals surface area contributed by atoms with E-state index in [1.54, 1.807) is 0 Å². The van der Waals surface area contributed by atoms with Crippen LogP contribution in [0.3, 0.4) is 0 Å². The fourth-order valence-electron chi connectivity index (χ4n) is 3.22. The van der Waals surface area contributed by atoms with Crippen molar-refractivity contribution in [1.29, 1.82) is 0 Å². The zero-order chi connectivity index (χ0) is 14.0. The normalized spacial score (nSPS) is 25.8. The molecule has 2 rings (SSSR count). The van der Waals surface area contributed by atoms with Crippen LogP contribution >= 0.6 is 0 Å². The highest BCUT2D eigenvalue weighted by Crippen LogP contribution is 2.45. The largest absolute Gasteiger partial charge is 0.341 e. The first-order valence-corrected chi connectivity index (χ1v) is 6.98. The van der Waals surface area contributed by atoms with Crippen molar-refractivity contribution in [2.45, 2.75) is 33.2 Å². The summed E-state index contributed by atoms with van der Waals surface area (Å²) in [5, 5.41) is 0. The van der Waals surface area contributed by atoms with Gasteiger partial charge in [0.2, 0.25) is 5.91 Å². The maximum absolute atomic E-state index is 12.6. The van der Waals surface area contributed by atoms with Crippen molar-refractivity contribution in [3.63, 3.8) is 0 Å². The van der Waals surface area contributed by atoms with Crippen LogP contribution in [0.5, 0.6) is 0 Å². The van der Waals surface area contributed by atoms with E-state index in [2.05, 4.69) is 26.0 Å². The number of hydrogen-bond donors (Lipinski definition) is 1. The molecule has 2 N–H and O–H groups in total. The predicted molar refractivity (Wildman–Crippen MR) is 77.5 cm³/mol. The van der Waals surface area contributed by atoms with Gasteiger partial charge in [-0.3, -0.25) is 4.79 Å². The fraction of sp³-hybridized carbons (Fsp3) is 0.562. The van der Waals surface area contributed by atoms with Crippen LogP contribution in [-0.2, 0) is 11.3 Å². The quantitative estimate of drug-likeness (QED) is 0.903. The number of benzene rings is 1. The zero-order valence-corrected chi connectivity index (χ0v) is 12.1. The number of rotatable bonds is 4. The molecule has 1 aromatic carbocycles. The number of carbonyl (C=O) groups excluding carboxylic acids is 1. The van der Waals surface area contributed by atoms with Gasteiger partial charge in [0.1, 0.15) is 0 Å². The maximum Gasteiger partial charge on any atom is 0.230 e. The highest BCUT2D eigenvalue weighted by molar-refractivity contribution is 5.83. The summed E-state index contributed by atoms with van der Waals surface area (Å²) < 4.78 is 0. The summed E-state index contributed by atoms with van der Waals surface area (Å²) in [7, 11) is 1.88. The molecule has 0 radical (unpaired) electrons. The van der Waals surface area contributed by atoms with Crippen molar-refractivity contribution in [3.8, 4) is 0 Å². The first-order valence-electron chi connectivity index (χ1n) is 6.98. The summed E-state index contributed by atoms with van der Waals surface area (Å²) >= 11 is 0. The number of amides is 1. The number of carbonyl (C=O) groups is 1. The summed E-state index contributed by atoms with van der Waals surface area (Å²) in [5.41, 5.74) is 7.98. The second-order valence-electron chi connectivity index (χ2n) is 6.09. The lowest BCUT2D eigenvalue weighted by Crippen LogP contribution is -2.53. The van der Waals surface area contributed by atoms with E-state index < -0.39 is 0 Å². The molecular weight excluding hydrogens is 236 g/mol. The van der Waals surface area contributed by atoms with Crippen LogP contribution in [0.15, 0.2) is 24.3 Å². The summed E-state index contributed by atoms with van der Waals surface area (Å²) in [4.78, 5) is 14.4. The number of hydrogen-bond acceptors (Lipinski definition) is 2. The Balaban J connectivity index is 2.06. The molecule has 0 heterocycles. The van der Waals surface area contributed by atoms with Gasteiger partial charge in [0.05, 0.1) is 5.41 Å². The highest BCUT2D eigenvalue weighted by atomic mass is 16.2. The molecule has 1 aromatic rings. The van der Waals surface area contributed by atoms with Crippen molar-refractivity contribution in [1.82, 2.24) is 4.90 Å². The van der Waals surface area contributed by atoms with Gasteiger partial charge in [-0.2, -0.15) is 0 Å². The van der Waals surface area contributed by atoms with Gasteiger partial charge in [0.25, 0.3) is 0 Å². The van der Waals surface area contributed by atoms with Gasteiger partial charge in [-0.15, -0.1) is 0 Å². The lowest BCUT2D eigenvalue weighted by Gasteiger charge is -2.46. The van der Waals surface area contributed by atoms with Gasteiger partial charge in [-0.1, -0.05) is 31.2 Å². The molecule has 1 saturated carbocycles. The van der Waals surface area contributed by atoms with E-state index >= 15 is 0 Å². The molecule has 0 aliphatic heterocycles. The van der Waals surface area contributed by atoms with E-state index in [1.165, 1.54) is 11.1 Å². The van der Waals surface area contributed by atoms with Crippen LogP contribution in [0.1, 0.15) is 30.9 Å². The van der Waals surface area contributed by atoms with Crippen LogP contribution < -0.4 is 5.73 Å². The van der Waals surface area contributed by atoms with Gasteiger partial charge in [-0.25, -0.2) is 0 Å². The first-order chi connectivity index (χ1) is 8.98. The molecule has 1 aliphatic rings. The Morgan fingerprint density at radius 1 is 1.42 bits per heavy atom. The summed E-state index contributed by atoms with van der Waals surface area (Å²) in [6, 6.07) is 8.20. The molecule has 0 bridgehead atoms. The molecule has 0 spiro atoms. The third-order valence-corrected chi connectivity index (χ3v) is 4.34. The minimum atomic E-state index is -0.295. The SMILES string of the molecule is Cc1ccccc1CN(C)C(=O)C1(CN)CC(C)C1. The Labute approximate surface area is 115 Å². The van der Waals surface area contributed by atoms with Crippen LogP contribution in [-0.4, -0.2) is 24.4 Å². The minimum Gasteiger partial charge on any atom is -0.341 e. The molecule has 0 saturated heterocycles. The van der Waals surface area contributed by atoms with E-state index in [4.69, 9.17) is 5.73 Å². The van der Waals surface area contributed by atoms with Crippen LogP contribution in [0.25, 0.3) is 0 Å². The third kappa shape index (κ3) is 2.66. The standard InChI is InChI=1S/C16H24N2O/c1-12-8-16(9-12,11-17)15(19)18(3)10-14-7-5-4-6-13(14)2/h4-7,12H,8-11,17H2,1-3H3. The highest BCUT2D eigenvalue weighted by Gasteiger charge is 2.48. The van der Waals surface area contributed by atoms with Crippen molar-refractivity contribution in [2.75, 3.05) is 13.6 Å². The van der Waals surface area contributed by atoms with Gasteiger partial charge >= 0.3 is 0 Å². The van der Waals surface area contributed by atoms with E-state index in [-0.39, 0.29) is 11.3 Å². The van der Waals surface area contributed by atoms with Crippen LogP contribution in [0.2, 0.25) is 0 Å². The third-order valence-electron chi connectivity index (χ3n) is 4.34. The Bertz CT molecular complexity index is 464. The topological polar surface area (TPSA) is 46.3 Å². The lowest BCUT2D eigenvalue weighted by molar-refractivity contribution is -0.148. The van der Waals surface area contributed by atoms with E-state index in [0.717, 1.165) is 12.8 Å². The van der Waals surface area contributed by atoms with Crippen LogP contribution in [0.4, 0.5) is 0 Å². The molecule has 104 valence electrons. The average molecular weight is 260 g/mol. The number of nitrogens with zero attached hydrogens (tertiary/aromatic N) is 1. The van der Waals surface area contributed by atoms with Gasteiger partial charge < -0.3 is 10.6 Å². The smallest absolute Gasteiger partial charge is 0.230 e. The molecule has 1 fully saturated rings. The zero-order valence-electron chi connectivity index (χ0n) is 12.1. The Morgan fingerprint density at radius 2 is 2.05 bits per heavy atom. The second kappa shape index (κ2) is 5.33. The Hall–Kier alpha value is -1.35. The Morgan fingerprint density at radius 3 is 2.58 bits per heavy atom. The van der Waals surface area contributed by atoms with Crippen LogP contribution in [0, 0.1) is 18.3 Å². The van der Waals surface area contributed by atoms with Gasteiger partial charge in [-0.05, 0) is 36.8 Å². The molecule has 0 unspecified atom stereocenters. The molecule has 19 heavy (non-hydrogen) atoms. The molecule has 3 heteroatoms. The first kappa shape index (κ1) is 14.1. The minimum absolute atomic E-state index is 0.205. The van der Waals surface area contributed by atoms with Crippen molar-refractivity contribution < 1.29 is 4.79 Å². The second-order valence-corrected chi connectivity index (χ2v) is 6.09. The Kier molecular flexibility index (Phi) is 3.95. The van der Waals surface area contributed by atoms with E-state index in [0.29, 0.717) is 19.0 Å². The van der Waals surface area contributed by atoms with E-state index in [1.807, 2.05) is 24.1 Å². The molecule has 1 amide bonds. The van der Waals surface area contributed by atoms with Gasteiger partial charge in [0, 0.05) is 20.1 Å². The lowest BCUT2D eigenvalue weighted by atomic mass is 9.62. The molecule has 1 aliphatic carbocycles. The van der Waals surface area contributed by atoms with Crippen molar-refractivity contribution >= 4 is 5.91 Å². The molecule has 3 nitrogen and oxygen atoms in total. The average Bonchev–Trinajstić information content (AvgIpc) is 2.36. The fourth-order valence-corrected chi connectivity index (χ4v) is 3.22. The monoisotopic (exact) mass is 260 g/mol. The molecular formula is C16H24N2O. The number of aryl methyl sites for hydroxylation is 1. The summed E-state index contributed by atoms with van der Waals surface area (Å²) in [5.74, 6) is 0.829. The van der Waals surface area contributed by atoms with Crippen molar-refractivity contribution in [2.24, 2.45) is 17.1 Å². The molecule has 0 atom stereocenters. The predicted octanol–water partition coefficient (Wildman–Crippen LogP) is 2.33. The maximum atomic E-state index is 12.6. The van der Waals surface area contributed by atoms with Crippen molar-refractivity contribution in [3.05, 3.63) is 35.4 Å². The molecule has 0 aromatic heterocycles. The van der Waals surface area contributed by atoms with E-state index in [9.17, 15) is 4.79 Å². The van der Waals surface area contributed by atoms with Gasteiger partial charge in [0.15, 0.2) is 0 Å².